The maximum Gasteiger partial charge on any atom is 0.349 e. The van der Waals surface area contributed by atoms with E-state index in [1.54, 1.807) is 19.2 Å². The molecule has 1 aromatic carbocycles. The van der Waals surface area contributed by atoms with Gasteiger partial charge >= 0.3 is 5.69 Å². The number of hydrogen-bond donors (Lipinski definition) is 2. The van der Waals surface area contributed by atoms with E-state index in [9.17, 15) is 14.7 Å². The number of amides is 1. The summed E-state index contributed by atoms with van der Waals surface area (Å²) in [6, 6.07) is 8.94. The van der Waals surface area contributed by atoms with Gasteiger partial charge in [-0.2, -0.15) is 4.98 Å². The summed E-state index contributed by atoms with van der Waals surface area (Å²) in [5.41, 5.74) is 5.40. The molecule has 2 atom stereocenters. The molecule has 0 saturated carbocycles. The summed E-state index contributed by atoms with van der Waals surface area (Å²) in [5.74, 6) is 1.16. The van der Waals surface area contributed by atoms with Gasteiger partial charge in [0.15, 0.2) is 0 Å². The Balaban J connectivity index is 1.20. The summed E-state index contributed by atoms with van der Waals surface area (Å²) < 4.78 is 9.76. The van der Waals surface area contributed by atoms with Crippen molar-refractivity contribution in [3.63, 3.8) is 0 Å². The SMILES string of the molecule is Cc1nc2ccccc2n1CCC(=O)N1CCC2(CC1)C[C@@](C)(O)[C@H](n1ccc(N)nc1=O)CO2. The number of nitrogen functional groups attached to an aromatic ring is 1. The Morgan fingerprint density at radius 2 is 1.97 bits per heavy atom. The smallest absolute Gasteiger partial charge is 0.349 e. The Kier molecular flexibility index (Phi) is 5.88. The van der Waals surface area contributed by atoms with Gasteiger partial charge in [-0.3, -0.25) is 9.36 Å². The molecule has 0 aliphatic carbocycles. The summed E-state index contributed by atoms with van der Waals surface area (Å²) >= 11 is 0. The molecular formula is C25H32N6O4. The molecule has 186 valence electrons. The van der Waals surface area contributed by atoms with Crippen molar-refractivity contribution in [1.82, 2.24) is 24.0 Å². The maximum atomic E-state index is 13.0. The molecule has 2 aliphatic heterocycles. The molecule has 0 bridgehead atoms. The summed E-state index contributed by atoms with van der Waals surface area (Å²) in [6.45, 7) is 5.63. The highest BCUT2D eigenvalue weighted by Gasteiger charge is 2.50. The molecule has 2 fully saturated rings. The van der Waals surface area contributed by atoms with Crippen molar-refractivity contribution in [1.29, 1.82) is 0 Å². The highest BCUT2D eigenvalue weighted by atomic mass is 16.5. The normalized spacial score (nSPS) is 24.2. The van der Waals surface area contributed by atoms with Gasteiger partial charge in [0, 0.05) is 38.7 Å². The van der Waals surface area contributed by atoms with Gasteiger partial charge in [-0.15, -0.1) is 0 Å². The minimum atomic E-state index is -1.16. The van der Waals surface area contributed by atoms with Gasteiger partial charge in [0.2, 0.25) is 5.91 Å². The first-order valence-electron chi connectivity index (χ1n) is 12.1. The number of anilines is 1. The lowest BCUT2D eigenvalue weighted by atomic mass is 9.75. The number of carbonyl (C=O) groups is 1. The lowest BCUT2D eigenvalue weighted by Gasteiger charge is -2.51. The van der Waals surface area contributed by atoms with Crippen LogP contribution in [-0.4, -0.2) is 65.9 Å². The number of aromatic nitrogens is 4. The fraction of sp³-hybridized carbons (Fsp3) is 0.520. The predicted molar refractivity (Wildman–Crippen MR) is 131 cm³/mol. The first-order valence-corrected chi connectivity index (χ1v) is 12.1. The molecule has 0 radical (unpaired) electrons. The van der Waals surface area contributed by atoms with Crippen molar-refractivity contribution in [2.75, 3.05) is 25.4 Å². The van der Waals surface area contributed by atoms with Crippen LogP contribution in [-0.2, 0) is 16.1 Å². The number of ether oxygens (including phenoxy) is 1. The summed E-state index contributed by atoms with van der Waals surface area (Å²) in [5, 5.41) is 11.3. The molecule has 3 N–H and O–H groups in total. The summed E-state index contributed by atoms with van der Waals surface area (Å²) in [7, 11) is 0. The van der Waals surface area contributed by atoms with Gasteiger partial charge in [0.05, 0.1) is 34.9 Å². The van der Waals surface area contributed by atoms with Crippen molar-refractivity contribution in [2.45, 2.75) is 63.3 Å². The van der Waals surface area contributed by atoms with Crippen LogP contribution in [0.1, 0.15) is 44.5 Å². The molecule has 1 spiro atoms. The van der Waals surface area contributed by atoms with E-state index in [0.717, 1.165) is 16.9 Å². The molecule has 1 amide bonds. The Hall–Kier alpha value is -3.24. The number of aliphatic hydroxyl groups is 1. The number of rotatable bonds is 4. The standard InChI is InChI=1S/C25H32N6O4/c1-17-27-18-5-3-4-6-19(18)30(17)12-8-22(32)29-13-9-25(10-14-29)16-24(2,34)20(15-35-25)31-11-7-21(26)28-23(31)33/h3-7,11,20,34H,8-10,12-16H2,1-2H3,(H2,26,28,33)/t20-,24-/m1/s1. The van der Waals surface area contributed by atoms with Crippen LogP contribution >= 0.6 is 0 Å². The molecule has 35 heavy (non-hydrogen) atoms. The van der Waals surface area contributed by atoms with Crippen LogP contribution in [0, 0.1) is 6.92 Å². The number of benzene rings is 1. The van der Waals surface area contributed by atoms with E-state index in [1.165, 1.54) is 4.57 Å². The number of fused-ring (bicyclic) bond motifs is 1. The zero-order valence-electron chi connectivity index (χ0n) is 20.2. The monoisotopic (exact) mass is 480 g/mol. The minimum absolute atomic E-state index is 0.108. The average Bonchev–Trinajstić information content (AvgIpc) is 3.13. The number of piperidine rings is 1. The van der Waals surface area contributed by atoms with E-state index in [2.05, 4.69) is 14.5 Å². The van der Waals surface area contributed by atoms with Crippen LogP contribution in [0.25, 0.3) is 11.0 Å². The van der Waals surface area contributed by atoms with Crippen molar-refractivity contribution in [2.24, 2.45) is 0 Å². The Bertz CT molecular complexity index is 1300. The third-order valence-electron chi connectivity index (χ3n) is 7.55. The zero-order chi connectivity index (χ0) is 24.8. The Labute approximate surface area is 203 Å². The van der Waals surface area contributed by atoms with Crippen molar-refractivity contribution < 1.29 is 14.6 Å². The van der Waals surface area contributed by atoms with E-state index in [1.807, 2.05) is 36.1 Å². The first kappa shape index (κ1) is 23.5. The fourth-order valence-corrected chi connectivity index (χ4v) is 5.63. The predicted octanol–water partition coefficient (Wildman–Crippen LogP) is 1.65. The molecule has 3 aromatic rings. The van der Waals surface area contributed by atoms with Crippen molar-refractivity contribution in [3.8, 4) is 0 Å². The quantitative estimate of drug-likeness (QED) is 0.581. The third kappa shape index (κ3) is 4.43. The number of nitrogens with zero attached hydrogens (tertiary/aromatic N) is 5. The molecule has 5 rings (SSSR count). The van der Waals surface area contributed by atoms with E-state index in [4.69, 9.17) is 10.5 Å². The second kappa shape index (κ2) is 8.76. The topological polar surface area (TPSA) is 128 Å². The van der Waals surface area contributed by atoms with Crippen LogP contribution in [0.15, 0.2) is 41.3 Å². The fourth-order valence-electron chi connectivity index (χ4n) is 5.63. The lowest BCUT2D eigenvalue weighted by Crippen LogP contribution is -2.59. The first-order chi connectivity index (χ1) is 16.7. The van der Waals surface area contributed by atoms with Crippen LogP contribution in [0.3, 0.4) is 0 Å². The second-order valence-corrected chi connectivity index (χ2v) is 10.0. The van der Waals surface area contributed by atoms with Crippen molar-refractivity contribution >= 4 is 22.8 Å². The summed E-state index contributed by atoms with van der Waals surface area (Å²) in [6.07, 6.45) is 3.62. The highest BCUT2D eigenvalue weighted by Crippen LogP contribution is 2.43. The van der Waals surface area contributed by atoms with Gasteiger partial charge in [0.1, 0.15) is 11.6 Å². The molecule has 10 nitrogen and oxygen atoms in total. The van der Waals surface area contributed by atoms with Crippen LogP contribution in [0.2, 0.25) is 0 Å². The van der Waals surface area contributed by atoms with Gasteiger partial charge in [-0.25, -0.2) is 9.78 Å². The van der Waals surface area contributed by atoms with Crippen LogP contribution < -0.4 is 11.4 Å². The molecule has 0 unspecified atom stereocenters. The number of carbonyl (C=O) groups excluding carboxylic acids is 1. The molecule has 10 heteroatoms. The van der Waals surface area contributed by atoms with Gasteiger partial charge in [-0.1, -0.05) is 12.1 Å². The van der Waals surface area contributed by atoms with E-state index in [-0.39, 0.29) is 18.3 Å². The number of imidazole rings is 1. The molecule has 2 saturated heterocycles. The van der Waals surface area contributed by atoms with E-state index in [0.29, 0.717) is 45.3 Å². The number of hydrogen-bond acceptors (Lipinski definition) is 7. The van der Waals surface area contributed by atoms with Gasteiger partial charge in [0.25, 0.3) is 0 Å². The lowest BCUT2D eigenvalue weighted by molar-refractivity contribution is -0.198. The van der Waals surface area contributed by atoms with E-state index < -0.39 is 22.9 Å². The van der Waals surface area contributed by atoms with Gasteiger partial charge < -0.3 is 25.0 Å². The van der Waals surface area contributed by atoms with E-state index >= 15 is 0 Å². The van der Waals surface area contributed by atoms with Crippen molar-refractivity contribution in [3.05, 3.63) is 52.8 Å². The minimum Gasteiger partial charge on any atom is -0.388 e. The molecule has 4 heterocycles. The summed E-state index contributed by atoms with van der Waals surface area (Å²) in [4.78, 5) is 35.5. The number of nitrogens with two attached hydrogens (primary N) is 1. The van der Waals surface area contributed by atoms with Crippen LogP contribution in [0.4, 0.5) is 5.82 Å². The average molecular weight is 481 g/mol. The molecule has 2 aliphatic rings. The zero-order valence-corrected chi connectivity index (χ0v) is 20.2. The highest BCUT2D eigenvalue weighted by molar-refractivity contribution is 5.78. The molecule has 2 aromatic heterocycles. The van der Waals surface area contributed by atoms with Crippen LogP contribution in [0.5, 0.6) is 0 Å². The second-order valence-electron chi connectivity index (χ2n) is 10.0. The Morgan fingerprint density at radius 1 is 1.23 bits per heavy atom. The number of para-hydroxylation sites is 2. The third-order valence-corrected chi connectivity index (χ3v) is 7.55. The van der Waals surface area contributed by atoms with Gasteiger partial charge in [-0.05, 0) is 44.9 Å². The largest absolute Gasteiger partial charge is 0.388 e. The maximum absolute atomic E-state index is 13.0. The Morgan fingerprint density at radius 3 is 2.69 bits per heavy atom. The number of aryl methyl sites for hydroxylation is 2. The number of likely N-dealkylation sites (tertiary alicyclic amines) is 1. The molecular weight excluding hydrogens is 448 g/mol.